The number of carbonyl (C=O) groups excluding carboxylic acids is 1. The van der Waals surface area contributed by atoms with E-state index in [-0.39, 0.29) is 10.9 Å². The molecule has 0 aliphatic carbocycles. The Kier molecular flexibility index (Phi) is 7.55. The highest BCUT2D eigenvalue weighted by Crippen LogP contribution is 2.29. The van der Waals surface area contributed by atoms with Gasteiger partial charge in [-0.1, -0.05) is 6.07 Å². The summed E-state index contributed by atoms with van der Waals surface area (Å²) in [5.41, 5.74) is 0.138. The van der Waals surface area contributed by atoms with E-state index in [9.17, 15) is 13.2 Å². The predicted octanol–water partition coefficient (Wildman–Crippen LogP) is 2.74. The number of thiol groups is 1. The topological polar surface area (TPSA) is 99.3 Å². The first-order chi connectivity index (χ1) is 11.9. The van der Waals surface area contributed by atoms with Crippen molar-refractivity contribution in [3.63, 3.8) is 0 Å². The van der Waals surface area contributed by atoms with Crippen molar-refractivity contribution >= 4 is 39.3 Å². The second-order valence-electron chi connectivity index (χ2n) is 7.14. The lowest BCUT2D eigenvalue weighted by Crippen LogP contribution is -2.40. The second-order valence-corrected chi connectivity index (χ2v) is 9.27. The van der Waals surface area contributed by atoms with Gasteiger partial charge in [-0.3, -0.25) is 0 Å². The Morgan fingerprint density at radius 3 is 2.35 bits per heavy atom. The van der Waals surface area contributed by atoms with Crippen LogP contribution in [0, 0.1) is 0 Å². The van der Waals surface area contributed by atoms with Gasteiger partial charge >= 0.3 is 6.03 Å². The summed E-state index contributed by atoms with van der Waals surface area (Å²) < 4.78 is 28.4. The summed E-state index contributed by atoms with van der Waals surface area (Å²) in [6, 6.07) is 4.21. The predicted molar refractivity (Wildman–Crippen MR) is 110 cm³/mol. The van der Waals surface area contributed by atoms with Crippen LogP contribution in [0.25, 0.3) is 4.91 Å². The number of urea groups is 1. The van der Waals surface area contributed by atoms with Crippen LogP contribution in [-0.4, -0.2) is 33.1 Å². The summed E-state index contributed by atoms with van der Waals surface area (Å²) >= 11 is 4.37. The average molecular weight is 401 g/mol. The smallest absolute Gasteiger partial charge is 0.319 e. The zero-order valence-corrected chi connectivity index (χ0v) is 17.7. The van der Waals surface area contributed by atoms with E-state index < -0.39 is 21.6 Å². The zero-order chi connectivity index (χ0) is 20.1. The van der Waals surface area contributed by atoms with Gasteiger partial charge in [-0.25, -0.2) is 17.9 Å². The van der Waals surface area contributed by atoms with Gasteiger partial charge in [0.15, 0.2) is 0 Å². The molecule has 0 saturated carbocycles. The minimum atomic E-state index is -3.83. The Bertz CT molecular complexity index is 782. The van der Waals surface area contributed by atoms with Gasteiger partial charge < -0.3 is 16.0 Å². The van der Waals surface area contributed by atoms with E-state index in [0.717, 1.165) is 0 Å². The minimum Gasteiger partial charge on any atom is -0.393 e. The Hall–Kier alpha value is -1.71. The Morgan fingerprint density at radius 1 is 1.23 bits per heavy atom. The lowest BCUT2D eigenvalue weighted by Gasteiger charge is -2.22. The van der Waals surface area contributed by atoms with Crippen LogP contribution in [-0.2, 0) is 10.0 Å². The monoisotopic (exact) mass is 400 g/mol. The van der Waals surface area contributed by atoms with Crippen molar-refractivity contribution in [2.75, 3.05) is 12.4 Å². The van der Waals surface area contributed by atoms with Gasteiger partial charge in [0.05, 0.1) is 4.90 Å². The van der Waals surface area contributed by atoms with Gasteiger partial charge in [0.25, 0.3) is 0 Å². The van der Waals surface area contributed by atoms with E-state index in [1.165, 1.54) is 6.07 Å². The van der Waals surface area contributed by atoms with Crippen LogP contribution in [0.5, 0.6) is 0 Å². The average Bonchev–Trinajstić information content (AvgIpc) is 2.43. The van der Waals surface area contributed by atoms with E-state index in [1.54, 1.807) is 46.2 Å². The van der Waals surface area contributed by atoms with E-state index >= 15 is 0 Å². The number of hydrogen-bond acceptors (Lipinski definition) is 5. The fourth-order valence-corrected chi connectivity index (χ4v) is 4.20. The van der Waals surface area contributed by atoms with E-state index in [1.807, 2.05) is 13.8 Å². The number of carbonyl (C=O) groups is 1. The summed E-state index contributed by atoms with van der Waals surface area (Å²) in [5.74, 6) is 0. The van der Waals surface area contributed by atoms with Gasteiger partial charge in [0.2, 0.25) is 10.0 Å². The maximum absolute atomic E-state index is 12.9. The number of sulfonamides is 1. The van der Waals surface area contributed by atoms with Gasteiger partial charge in [0, 0.05) is 41.0 Å². The molecule has 0 atom stereocenters. The summed E-state index contributed by atoms with van der Waals surface area (Å²) in [4.78, 5) is 12.4. The van der Waals surface area contributed by atoms with E-state index in [2.05, 4.69) is 33.3 Å². The molecule has 1 rings (SSSR count). The van der Waals surface area contributed by atoms with Gasteiger partial charge in [0.1, 0.15) is 0 Å². The largest absolute Gasteiger partial charge is 0.393 e. The highest BCUT2D eigenvalue weighted by molar-refractivity contribution is 7.91. The van der Waals surface area contributed by atoms with E-state index in [0.29, 0.717) is 16.2 Å². The fourth-order valence-electron chi connectivity index (χ4n) is 2.14. The Balaban J connectivity index is 3.39. The van der Waals surface area contributed by atoms with Crippen LogP contribution in [0.1, 0.15) is 40.2 Å². The molecule has 1 aromatic rings. The number of nitrogens with one attached hydrogen (secondary N) is 4. The first-order valence-corrected chi connectivity index (χ1v) is 10.1. The molecule has 7 nitrogen and oxygen atoms in total. The molecule has 0 aliphatic rings. The molecule has 0 radical (unpaired) electrons. The van der Waals surface area contributed by atoms with Crippen molar-refractivity contribution in [3.05, 3.63) is 30.0 Å². The van der Waals surface area contributed by atoms with Crippen LogP contribution in [0.3, 0.4) is 0 Å². The third-order valence-electron chi connectivity index (χ3n) is 2.95. The Labute approximate surface area is 161 Å². The lowest BCUT2D eigenvalue weighted by atomic mass is 10.1. The highest BCUT2D eigenvalue weighted by atomic mass is 32.2. The molecule has 0 spiro atoms. The Morgan fingerprint density at radius 2 is 1.85 bits per heavy atom. The molecule has 146 valence electrons. The van der Waals surface area contributed by atoms with Crippen molar-refractivity contribution in [1.82, 2.24) is 15.4 Å². The molecule has 0 heterocycles. The number of hydrogen-bond donors (Lipinski definition) is 5. The number of anilines is 1. The summed E-state index contributed by atoms with van der Waals surface area (Å²) in [7, 11) is -2.13. The molecule has 1 aromatic carbocycles. The quantitative estimate of drug-likeness (QED) is 0.474. The molecule has 0 aromatic heterocycles. The second kappa shape index (κ2) is 8.79. The standard InChI is InChI=1S/C17H28N4O3S2/c1-11(2)19-16(22)20-12-7-8-13(14(25)10-18-6)15(9-12)26(23,24)21-17(3,4)5/h7-11,18,21,25H,1-6H3,(H2,19,20,22)/b14-10-. The van der Waals surface area contributed by atoms with Crippen molar-refractivity contribution in [3.8, 4) is 0 Å². The van der Waals surface area contributed by atoms with Gasteiger partial charge in [-0.2, -0.15) is 0 Å². The van der Waals surface area contributed by atoms with Crippen LogP contribution >= 0.6 is 12.6 Å². The molecule has 26 heavy (non-hydrogen) atoms. The van der Waals surface area contributed by atoms with Gasteiger partial charge in [-0.05, 0) is 46.8 Å². The van der Waals surface area contributed by atoms with Crippen molar-refractivity contribution in [2.45, 2.75) is 51.1 Å². The molecule has 4 N–H and O–H groups in total. The molecular formula is C17H28N4O3S2. The third kappa shape index (κ3) is 6.89. The number of rotatable bonds is 6. The molecule has 0 bridgehead atoms. The zero-order valence-electron chi connectivity index (χ0n) is 16.0. The van der Waals surface area contributed by atoms with Crippen molar-refractivity contribution in [2.24, 2.45) is 0 Å². The molecule has 0 aliphatic heterocycles. The molecular weight excluding hydrogens is 372 g/mol. The van der Waals surface area contributed by atoms with Crippen LogP contribution in [0.4, 0.5) is 10.5 Å². The first kappa shape index (κ1) is 22.3. The van der Waals surface area contributed by atoms with Crippen LogP contribution in [0.15, 0.2) is 29.3 Å². The summed E-state index contributed by atoms with van der Waals surface area (Å²) in [6.07, 6.45) is 1.59. The van der Waals surface area contributed by atoms with Crippen LogP contribution in [0.2, 0.25) is 0 Å². The van der Waals surface area contributed by atoms with Gasteiger partial charge in [-0.15, -0.1) is 12.6 Å². The highest BCUT2D eigenvalue weighted by Gasteiger charge is 2.26. The van der Waals surface area contributed by atoms with Crippen molar-refractivity contribution < 1.29 is 13.2 Å². The third-order valence-corrected chi connectivity index (χ3v) is 5.11. The molecule has 2 amide bonds. The summed E-state index contributed by atoms with van der Waals surface area (Å²) in [5, 5.41) is 8.17. The lowest BCUT2D eigenvalue weighted by molar-refractivity contribution is 0.250. The maximum atomic E-state index is 12.9. The SMILES string of the molecule is CN/C=C(\S)c1ccc(NC(=O)NC(C)C)cc1S(=O)(=O)NC(C)(C)C. The summed E-state index contributed by atoms with van der Waals surface area (Å²) in [6.45, 7) is 8.94. The minimum absolute atomic E-state index is 0.0336. The number of benzene rings is 1. The molecule has 9 heteroatoms. The molecule has 0 unspecified atom stereocenters. The van der Waals surface area contributed by atoms with Crippen LogP contribution < -0.4 is 20.7 Å². The fraction of sp³-hybridized carbons (Fsp3) is 0.471. The molecule has 0 saturated heterocycles. The molecule has 0 fully saturated rings. The normalized spacial score (nSPS) is 12.8. The maximum Gasteiger partial charge on any atom is 0.319 e. The first-order valence-electron chi connectivity index (χ1n) is 8.18. The van der Waals surface area contributed by atoms with E-state index in [4.69, 9.17) is 0 Å². The number of amides is 2. The van der Waals surface area contributed by atoms with Crippen molar-refractivity contribution in [1.29, 1.82) is 0 Å².